The van der Waals surface area contributed by atoms with Crippen molar-refractivity contribution in [2.45, 2.75) is 58.5 Å². The molecule has 0 aromatic carbocycles. The fraction of sp³-hybridized carbons (Fsp3) is 0.929. The number of nitrogens with one attached hydrogen (secondary N) is 2. The normalized spacial score (nSPS) is 19.7. The fourth-order valence-electron chi connectivity index (χ4n) is 2.50. The van der Waals surface area contributed by atoms with Crippen molar-refractivity contribution in [3.05, 3.63) is 0 Å². The average Bonchev–Trinajstić information content (AvgIpc) is 2.87. The molecule has 0 bridgehead atoms. The molecule has 1 rings (SSSR count). The van der Waals surface area contributed by atoms with Crippen LogP contribution in [0.2, 0.25) is 0 Å². The van der Waals surface area contributed by atoms with Crippen molar-refractivity contribution >= 4 is 5.91 Å². The smallest absolute Gasteiger partial charge is 0.234 e. The van der Waals surface area contributed by atoms with E-state index in [1.807, 2.05) is 0 Å². The van der Waals surface area contributed by atoms with Crippen molar-refractivity contribution in [2.24, 2.45) is 0 Å². The van der Waals surface area contributed by atoms with Gasteiger partial charge < -0.3 is 10.6 Å². The Morgan fingerprint density at radius 1 is 1.39 bits per heavy atom. The molecule has 1 aliphatic rings. The zero-order valence-corrected chi connectivity index (χ0v) is 12.2. The molecule has 4 heteroatoms. The maximum absolute atomic E-state index is 11.9. The first-order valence-electron chi connectivity index (χ1n) is 7.44. The fourth-order valence-corrected chi connectivity index (χ4v) is 2.50. The van der Waals surface area contributed by atoms with Gasteiger partial charge in [0.25, 0.3) is 0 Å². The molecule has 0 aromatic rings. The van der Waals surface area contributed by atoms with Crippen LogP contribution in [0, 0.1) is 0 Å². The Bertz CT molecular complexity index is 235. The van der Waals surface area contributed by atoms with Crippen LogP contribution in [0.25, 0.3) is 0 Å². The maximum Gasteiger partial charge on any atom is 0.234 e. The predicted molar refractivity (Wildman–Crippen MR) is 75.7 cm³/mol. The van der Waals surface area contributed by atoms with Gasteiger partial charge in [0, 0.05) is 18.6 Å². The molecule has 1 fully saturated rings. The minimum Gasteiger partial charge on any atom is -0.352 e. The summed E-state index contributed by atoms with van der Waals surface area (Å²) in [6.45, 7) is 9.96. The van der Waals surface area contributed by atoms with Gasteiger partial charge in [-0.05, 0) is 38.8 Å². The number of rotatable bonds is 8. The number of nitrogens with zero attached hydrogens (tertiary/aromatic N) is 1. The summed E-state index contributed by atoms with van der Waals surface area (Å²) in [5.41, 5.74) is 0. The van der Waals surface area contributed by atoms with Gasteiger partial charge in [-0.3, -0.25) is 9.69 Å². The largest absolute Gasteiger partial charge is 0.352 e. The first kappa shape index (κ1) is 15.4. The van der Waals surface area contributed by atoms with Gasteiger partial charge >= 0.3 is 0 Å². The molecular weight excluding hydrogens is 226 g/mol. The molecule has 0 saturated carbocycles. The van der Waals surface area contributed by atoms with Crippen LogP contribution in [0.5, 0.6) is 0 Å². The average molecular weight is 255 g/mol. The Labute approximate surface area is 111 Å². The second kappa shape index (κ2) is 8.48. The second-order valence-electron chi connectivity index (χ2n) is 5.20. The van der Waals surface area contributed by atoms with E-state index in [2.05, 4.69) is 36.3 Å². The molecule has 0 radical (unpaired) electrons. The van der Waals surface area contributed by atoms with Gasteiger partial charge in [0.1, 0.15) is 0 Å². The van der Waals surface area contributed by atoms with E-state index in [-0.39, 0.29) is 5.91 Å². The second-order valence-corrected chi connectivity index (χ2v) is 5.20. The van der Waals surface area contributed by atoms with Crippen molar-refractivity contribution in [3.63, 3.8) is 0 Å². The van der Waals surface area contributed by atoms with Crippen molar-refractivity contribution < 1.29 is 4.79 Å². The van der Waals surface area contributed by atoms with Crippen molar-refractivity contribution in [1.29, 1.82) is 0 Å². The summed E-state index contributed by atoms with van der Waals surface area (Å²) in [4.78, 5) is 14.2. The van der Waals surface area contributed by atoms with Crippen LogP contribution in [0.4, 0.5) is 0 Å². The number of carbonyl (C=O) groups excluding carboxylic acids is 1. The third kappa shape index (κ3) is 5.36. The van der Waals surface area contributed by atoms with Crippen LogP contribution >= 0.6 is 0 Å². The van der Waals surface area contributed by atoms with E-state index in [9.17, 15) is 4.79 Å². The minimum absolute atomic E-state index is 0.170. The van der Waals surface area contributed by atoms with Crippen molar-refractivity contribution in [1.82, 2.24) is 15.5 Å². The van der Waals surface area contributed by atoms with Crippen LogP contribution in [-0.2, 0) is 4.79 Å². The van der Waals surface area contributed by atoms with Crippen LogP contribution in [0.3, 0.4) is 0 Å². The monoisotopic (exact) mass is 255 g/mol. The van der Waals surface area contributed by atoms with Crippen LogP contribution in [-0.4, -0.2) is 49.1 Å². The highest BCUT2D eigenvalue weighted by Gasteiger charge is 2.19. The van der Waals surface area contributed by atoms with Crippen LogP contribution in [0.1, 0.15) is 46.5 Å². The molecule has 1 heterocycles. The van der Waals surface area contributed by atoms with Gasteiger partial charge in [-0.2, -0.15) is 0 Å². The van der Waals surface area contributed by atoms with Gasteiger partial charge in [-0.25, -0.2) is 0 Å². The molecular formula is C14H29N3O. The highest BCUT2D eigenvalue weighted by atomic mass is 16.2. The standard InChI is InChI=1S/C14H29N3O/c1-4-12(5-2)16-14(18)11-17(6-3)10-13-8-7-9-15-13/h12-13,15H,4-11H2,1-3H3,(H,16,18). The lowest BCUT2D eigenvalue weighted by atomic mass is 10.1. The Hall–Kier alpha value is -0.610. The van der Waals surface area contributed by atoms with E-state index < -0.39 is 0 Å². The number of carbonyl (C=O) groups is 1. The van der Waals surface area contributed by atoms with Crippen molar-refractivity contribution in [3.8, 4) is 0 Å². The van der Waals surface area contributed by atoms with E-state index in [1.54, 1.807) is 0 Å². The van der Waals surface area contributed by atoms with E-state index in [4.69, 9.17) is 0 Å². The van der Waals surface area contributed by atoms with Gasteiger partial charge in [-0.15, -0.1) is 0 Å². The summed E-state index contributed by atoms with van der Waals surface area (Å²) in [6.07, 6.45) is 4.53. The van der Waals surface area contributed by atoms with Gasteiger partial charge in [-0.1, -0.05) is 20.8 Å². The van der Waals surface area contributed by atoms with E-state index >= 15 is 0 Å². The van der Waals surface area contributed by atoms with Crippen LogP contribution < -0.4 is 10.6 Å². The lowest BCUT2D eigenvalue weighted by Gasteiger charge is -2.24. The van der Waals surface area contributed by atoms with Gasteiger partial charge in [0.05, 0.1) is 6.54 Å². The number of hydrogen-bond acceptors (Lipinski definition) is 3. The zero-order chi connectivity index (χ0) is 13.4. The molecule has 0 spiro atoms. The molecule has 4 nitrogen and oxygen atoms in total. The highest BCUT2D eigenvalue weighted by Crippen LogP contribution is 2.06. The topological polar surface area (TPSA) is 44.4 Å². The van der Waals surface area contributed by atoms with E-state index in [0.29, 0.717) is 18.6 Å². The van der Waals surface area contributed by atoms with Gasteiger partial charge in [0.2, 0.25) is 5.91 Å². The molecule has 2 N–H and O–H groups in total. The molecule has 18 heavy (non-hydrogen) atoms. The number of likely N-dealkylation sites (N-methyl/N-ethyl adjacent to an activating group) is 1. The zero-order valence-electron chi connectivity index (χ0n) is 12.2. The molecule has 0 aromatic heterocycles. The van der Waals surface area contributed by atoms with Crippen molar-refractivity contribution in [2.75, 3.05) is 26.2 Å². The maximum atomic E-state index is 11.9. The highest BCUT2D eigenvalue weighted by molar-refractivity contribution is 5.78. The third-order valence-electron chi connectivity index (χ3n) is 3.81. The summed E-state index contributed by atoms with van der Waals surface area (Å²) in [7, 11) is 0. The van der Waals surface area contributed by atoms with E-state index in [0.717, 1.165) is 32.5 Å². The first-order valence-corrected chi connectivity index (χ1v) is 7.44. The van der Waals surface area contributed by atoms with E-state index in [1.165, 1.54) is 12.8 Å². The van der Waals surface area contributed by atoms with Crippen LogP contribution in [0.15, 0.2) is 0 Å². The lowest BCUT2D eigenvalue weighted by molar-refractivity contribution is -0.123. The van der Waals surface area contributed by atoms with Gasteiger partial charge in [0.15, 0.2) is 0 Å². The molecule has 1 amide bonds. The molecule has 1 aliphatic heterocycles. The number of amides is 1. The Balaban J connectivity index is 2.30. The Morgan fingerprint density at radius 2 is 2.11 bits per heavy atom. The molecule has 1 atom stereocenters. The molecule has 106 valence electrons. The minimum atomic E-state index is 0.170. The predicted octanol–water partition coefficient (Wildman–Crippen LogP) is 1.37. The lowest BCUT2D eigenvalue weighted by Crippen LogP contribution is -2.45. The molecule has 0 aliphatic carbocycles. The number of hydrogen-bond donors (Lipinski definition) is 2. The first-order chi connectivity index (χ1) is 8.69. The molecule has 1 saturated heterocycles. The summed E-state index contributed by atoms with van der Waals surface area (Å²) >= 11 is 0. The molecule has 1 unspecified atom stereocenters. The summed E-state index contributed by atoms with van der Waals surface area (Å²) in [5, 5.41) is 6.59. The summed E-state index contributed by atoms with van der Waals surface area (Å²) < 4.78 is 0. The Kier molecular flexibility index (Phi) is 7.28. The SMILES string of the molecule is CCC(CC)NC(=O)CN(CC)CC1CCCN1. The summed E-state index contributed by atoms with van der Waals surface area (Å²) in [6, 6.07) is 0.909. The summed E-state index contributed by atoms with van der Waals surface area (Å²) in [5.74, 6) is 0.170. The quantitative estimate of drug-likeness (QED) is 0.688. The Morgan fingerprint density at radius 3 is 2.61 bits per heavy atom. The third-order valence-corrected chi connectivity index (χ3v) is 3.81.